The first-order chi connectivity index (χ1) is 11.7. The fourth-order valence-electron chi connectivity index (χ4n) is 2.32. The van der Waals surface area contributed by atoms with Gasteiger partial charge >= 0.3 is 6.09 Å². The van der Waals surface area contributed by atoms with Crippen molar-refractivity contribution in [2.24, 2.45) is 0 Å². The van der Waals surface area contributed by atoms with Crippen LogP contribution in [0.1, 0.15) is 44.9 Å². The highest BCUT2D eigenvalue weighted by Crippen LogP contribution is 2.20. The molecule has 134 valence electrons. The van der Waals surface area contributed by atoms with E-state index in [0.29, 0.717) is 18.0 Å². The molecular weight excluding hydrogens is 316 g/mol. The van der Waals surface area contributed by atoms with E-state index < -0.39 is 11.7 Å². The molecule has 0 bridgehead atoms. The van der Waals surface area contributed by atoms with Crippen LogP contribution in [0.3, 0.4) is 0 Å². The van der Waals surface area contributed by atoms with Gasteiger partial charge in [-0.15, -0.1) is 0 Å². The predicted molar refractivity (Wildman–Crippen MR) is 99.7 cm³/mol. The van der Waals surface area contributed by atoms with E-state index in [4.69, 9.17) is 4.74 Å². The summed E-state index contributed by atoms with van der Waals surface area (Å²) in [6.45, 7) is 8.11. The number of phenolic OH excluding ortho intramolecular Hbond substituents is 1. The second-order valence-electron chi connectivity index (χ2n) is 6.98. The minimum absolute atomic E-state index is 0.107. The van der Waals surface area contributed by atoms with Gasteiger partial charge < -0.3 is 15.2 Å². The summed E-state index contributed by atoms with van der Waals surface area (Å²) < 4.78 is 5.23. The molecule has 0 aliphatic heterocycles. The Morgan fingerprint density at radius 2 is 1.76 bits per heavy atom. The van der Waals surface area contributed by atoms with E-state index in [-0.39, 0.29) is 6.04 Å². The first-order valence-electron chi connectivity index (χ1n) is 8.35. The first kappa shape index (κ1) is 18.8. The molecule has 2 aromatic rings. The third-order valence-electron chi connectivity index (χ3n) is 3.65. The van der Waals surface area contributed by atoms with Crippen LogP contribution in [0, 0.1) is 0 Å². The Morgan fingerprint density at radius 1 is 1.12 bits per heavy atom. The molecular formula is C20H26N2O3. The molecule has 2 rings (SSSR count). The molecule has 2 aromatic carbocycles. The van der Waals surface area contributed by atoms with E-state index >= 15 is 0 Å². The molecule has 5 heteroatoms. The standard InChI is InChI=1S/C20H26N2O3/c1-14(21-13-16-7-5-6-8-18(16)23)15-9-11-17(12-10-15)22-19(24)25-20(2,3)4/h5-12,14,21,23H,13H2,1-4H3,(H,22,24). The molecule has 0 saturated carbocycles. The van der Waals surface area contributed by atoms with Gasteiger partial charge in [-0.05, 0) is 51.5 Å². The van der Waals surface area contributed by atoms with Crippen molar-refractivity contribution >= 4 is 11.8 Å². The van der Waals surface area contributed by atoms with Crippen molar-refractivity contribution in [2.45, 2.75) is 45.9 Å². The van der Waals surface area contributed by atoms with Gasteiger partial charge in [-0.2, -0.15) is 0 Å². The van der Waals surface area contributed by atoms with E-state index in [2.05, 4.69) is 17.6 Å². The number of carbonyl (C=O) groups excluding carboxylic acids is 1. The zero-order chi connectivity index (χ0) is 18.4. The maximum Gasteiger partial charge on any atom is 0.412 e. The van der Waals surface area contributed by atoms with Crippen LogP contribution in [0.15, 0.2) is 48.5 Å². The van der Waals surface area contributed by atoms with E-state index in [1.165, 1.54) is 0 Å². The summed E-state index contributed by atoms with van der Waals surface area (Å²) in [5, 5.41) is 15.9. The van der Waals surface area contributed by atoms with Crippen molar-refractivity contribution in [2.75, 3.05) is 5.32 Å². The highest BCUT2D eigenvalue weighted by atomic mass is 16.6. The second-order valence-corrected chi connectivity index (χ2v) is 6.98. The Hall–Kier alpha value is -2.53. The maximum atomic E-state index is 11.8. The molecule has 1 unspecified atom stereocenters. The summed E-state index contributed by atoms with van der Waals surface area (Å²) in [5.74, 6) is 0.291. The number of carbonyl (C=O) groups is 1. The maximum absolute atomic E-state index is 11.8. The largest absolute Gasteiger partial charge is 0.508 e. The summed E-state index contributed by atoms with van der Waals surface area (Å²) >= 11 is 0. The molecule has 0 heterocycles. The monoisotopic (exact) mass is 342 g/mol. The van der Waals surface area contributed by atoms with Gasteiger partial charge in [-0.25, -0.2) is 4.79 Å². The number of benzene rings is 2. The molecule has 0 radical (unpaired) electrons. The molecule has 5 nitrogen and oxygen atoms in total. The third kappa shape index (κ3) is 6.12. The van der Waals surface area contributed by atoms with Crippen molar-refractivity contribution in [1.29, 1.82) is 0 Å². The van der Waals surface area contributed by atoms with Gasteiger partial charge in [0.15, 0.2) is 0 Å². The van der Waals surface area contributed by atoms with Crippen LogP contribution >= 0.6 is 0 Å². The van der Waals surface area contributed by atoms with Crippen molar-refractivity contribution in [3.63, 3.8) is 0 Å². The van der Waals surface area contributed by atoms with E-state index in [1.807, 2.05) is 57.2 Å². The van der Waals surface area contributed by atoms with Crippen LogP contribution in [0.5, 0.6) is 5.75 Å². The first-order valence-corrected chi connectivity index (χ1v) is 8.35. The number of aromatic hydroxyl groups is 1. The topological polar surface area (TPSA) is 70.6 Å². The van der Waals surface area contributed by atoms with Crippen LogP contribution < -0.4 is 10.6 Å². The van der Waals surface area contributed by atoms with Gasteiger partial charge in [-0.1, -0.05) is 30.3 Å². The smallest absolute Gasteiger partial charge is 0.412 e. The number of para-hydroxylation sites is 1. The van der Waals surface area contributed by atoms with Crippen LogP contribution in [0.25, 0.3) is 0 Å². The summed E-state index contributed by atoms with van der Waals surface area (Å²) in [4.78, 5) is 11.8. The Balaban J connectivity index is 1.90. The molecule has 0 fully saturated rings. The summed E-state index contributed by atoms with van der Waals surface area (Å²) in [7, 11) is 0. The number of hydrogen-bond acceptors (Lipinski definition) is 4. The van der Waals surface area contributed by atoms with Crippen LogP contribution in [0.4, 0.5) is 10.5 Å². The highest BCUT2D eigenvalue weighted by Gasteiger charge is 2.16. The van der Waals surface area contributed by atoms with Crippen LogP contribution in [0.2, 0.25) is 0 Å². The zero-order valence-corrected chi connectivity index (χ0v) is 15.2. The zero-order valence-electron chi connectivity index (χ0n) is 15.2. The SMILES string of the molecule is CC(NCc1ccccc1O)c1ccc(NC(=O)OC(C)(C)C)cc1. The van der Waals surface area contributed by atoms with Crippen molar-refractivity contribution in [3.8, 4) is 5.75 Å². The summed E-state index contributed by atoms with van der Waals surface area (Å²) in [6, 6.07) is 15.0. The molecule has 25 heavy (non-hydrogen) atoms. The lowest BCUT2D eigenvalue weighted by molar-refractivity contribution is 0.0636. The number of amides is 1. The Bertz CT molecular complexity index is 706. The summed E-state index contributed by atoms with van der Waals surface area (Å²) in [5.41, 5.74) is 2.11. The molecule has 0 spiro atoms. The Labute approximate surface area is 149 Å². The number of ether oxygens (including phenoxy) is 1. The molecule has 1 amide bonds. The van der Waals surface area contributed by atoms with Gasteiger partial charge in [0.05, 0.1) is 0 Å². The van der Waals surface area contributed by atoms with Gasteiger partial charge in [0, 0.05) is 23.8 Å². The van der Waals surface area contributed by atoms with Crippen molar-refractivity contribution in [3.05, 3.63) is 59.7 Å². The molecule has 0 aromatic heterocycles. The number of rotatable bonds is 5. The third-order valence-corrected chi connectivity index (χ3v) is 3.65. The van der Waals surface area contributed by atoms with E-state index in [9.17, 15) is 9.90 Å². The van der Waals surface area contributed by atoms with Crippen LogP contribution in [-0.2, 0) is 11.3 Å². The Morgan fingerprint density at radius 3 is 2.36 bits per heavy atom. The average Bonchev–Trinajstić information content (AvgIpc) is 2.52. The number of anilines is 1. The molecule has 0 saturated heterocycles. The van der Waals surface area contributed by atoms with Gasteiger partial charge in [0.2, 0.25) is 0 Å². The lowest BCUT2D eigenvalue weighted by Gasteiger charge is -2.20. The predicted octanol–water partition coefficient (Wildman–Crippen LogP) is 4.59. The molecule has 3 N–H and O–H groups in total. The fraction of sp³-hybridized carbons (Fsp3) is 0.350. The van der Waals surface area contributed by atoms with Crippen LogP contribution in [-0.4, -0.2) is 16.8 Å². The molecule has 0 aliphatic rings. The van der Waals surface area contributed by atoms with E-state index in [0.717, 1.165) is 11.1 Å². The number of hydrogen-bond donors (Lipinski definition) is 3. The summed E-state index contributed by atoms with van der Waals surface area (Å²) in [6.07, 6.45) is -0.467. The second kappa shape index (κ2) is 8.03. The van der Waals surface area contributed by atoms with Gasteiger partial charge in [0.25, 0.3) is 0 Å². The van der Waals surface area contributed by atoms with E-state index in [1.54, 1.807) is 12.1 Å². The molecule has 0 aliphatic carbocycles. The molecule has 1 atom stereocenters. The van der Waals surface area contributed by atoms with Crippen molar-refractivity contribution in [1.82, 2.24) is 5.32 Å². The number of nitrogens with one attached hydrogen (secondary N) is 2. The Kier molecular flexibility index (Phi) is 6.04. The highest BCUT2D eigenvalue weighted by molar-refractivity contribution is 5.84. The minimum atomic E-state index is -0.522. The van der Waals surface area contributed by atoms with Crippen molar-refractivity contribution < 1.29 is 14.6 Å². The number of phenols is 1. The quantitative estimate of drug-likeness (QED) is 0.743. The average molecular weight is 342 g/mol. The minimum Gasteiger partial charge on any atom is -0.508 e. The lowest BCUT2D eigenvalue weighted by atomic mass is 10.1. The fourth-order valence-corrected chi connectivity index (χ4v) is 2.32. The normalized spacial score (nSPS) is 12.5. The van der Waals surface area contributed by atoms with Gasteiger partial charge in [-0.3, -0.25) is 5.32 Å². The lowest BCUT2D eigenvalue weighted by Crippen LogP contribution is -2.27. The van der Waals surface area contributed by atoms with Gasteiger partial charge in [0.1, 0.15) is 11.4 Å².